The van der Waals surface area contributed by atoms with Crippen molar-refractivity contribution in [3.63, 3.8) is 0 Å². The molecule has 4 rings (SSSR count). The lowest BCUT2D eigenvalue weighted by Crippen LogP contribution is -2.49. The minimum atomic E-state index is 0.171. The number of benzene rings is 1. The quantitative estimate of drug-likeness (QED) is 0.588. The van der Waals surface area contributed by atoms with Crippen LogP contribution in [0.2, 0.25) is 4.34 Å². The maximum atomic E-state index is 13.0. The third kappa shape index (κ3) is 4.38. The van der Waals surface area contributed by atoms with Gasteiger partial charge >= 0.3 is 0 Å². The Balaban J connectivity index is 1.39. The number of imidazole rings is 1. The van der Waals surface area contributed by atoms with Crippen LogP contribution in [0.3, 0.4) is 0 Å². The van der Waals surface area contributed by atoms with Crippen LogP contribution in [0.5, 0.6) is 0 Å². The molecule has 0 bridgehead atoms. The van der Waals surface area contributed by atoms with Crippen molar-refractivity contribution in [3.8, 4) is 0 Å². The van der Waals surface area contributed by atoms with E-state index in [1.807, 2.05) is 35.2 Å². The molecule has 1 saturated heterocycles. The van der Waals surface area contributed by atoms with Gasteiger partial charge < -0.3 is 9.47 Å². The number of thiophene rings is 1. The van der Waals surface area contributed by atoms with Gasteiger partial charge in [-0.3, -0.25) is 9.69 Å². The van der Waals surface area contributed by atoms with Crippen molar-refractivity contribution in [2.24, 2.45) is 0 Å². The maximum absolute atomic E-state index is 13.0. The molecule has 5 nitrogen and oxygen atoms in total. The van der Waals surface area contributed by atoms with Gasteiger partial charge in [-0.25, -0.2) is 4.98 Å². The van der Waals surface area contributed by atoms with Gasteiger partial charge in [0.15, 0.2) is 0 Å². The molecule has 1 fully saturated rings. The third-order valence-corrected chi connectivity index (χ3v) is 6.80. The van der Waals surface area contributed by atoms with Crippen molar-refractivity contribution >= 4 is 51.6 Å². The van der Waals surface area contributed by atoms with Crippen molar-refractivity contribution in [1.29, 1.82) is 0 Å². The molecule has 0 saturated carbocycles. The van der Waals surface area contributed by atoms with Gasteiger partial charge in [-0.05, 0) is 30.5 Å². The van der Waals surface area contributed by atoms with Gasteiger partial charge in [-0.15, -0.1) is 11.3 Å². The summed E-state index contributed by atoms with van der Waals surface area (Å²) in [5, 5.41) is 0. The Labute approximate surface area is 178 Å². The minimum absolute atomic E-state index is 0.171. The SMILES string of the molecule is CSCc1nc2ccccc2n1CC(=O)N1CCN(Cc2ccc(Cl)s2)CC1. The smallest absolute Gasteiger partial charge is 0.242 e. The molecular formula is C20H23ClN4OS2. The number of carbonyl (C=O) groups is 1. The lowest BCUT2D eigenvalue weighted by Gasteiger charge is -2.34. The highest BCUT2D eigenvalue weighted by atomic mass is 35.5. The zero-order chi connectivity index (χ0) is 19.5. The third-order valence-electron chi connectivity index (χ3n) is 5.03. The predicted octanol–water partition coefficient (Wildman–Crippen LogP) is 3.96. The minimum Gasteiger partial charge on any atom is -0.339 e. The first kappa shape index (κ1) is 19.8. The number of hydrogen-bond donors (Lipinski definition) is 0. The number of piperazine rings is 1. The van der Waals surface area contributed by atoms with Gasteiger partial charge in [0.25, 0.3) is 0 Å². The molecule has 1 aliphatic rings. The number of hydrogen-bond acceptors (Lipinski definition) is 5. The lowest BCUT2D eigenvalue weighted by molar-refractivity contribution is -0.133. The van der Waals surface area contributed by atoms with E-state index in [0.29, 0.717) is 6.54 Å². The molecule has 0 atom stereocenters. The molecule has 3 aromatic rings. The van der Waals surface area contributed by atoms with Gasteiger partial charge in [0, 0.05) is 37.6 Å². The average Bonchev–Trinajstić information content (AvgIpc) is 3.26. The van der Waals surface area contributed by atoms with Crippen molar-refractivity contribution in [1.82, 2.24) is 19.4 Å². The summed E-state index contributed by atoms with van der Waals surface area (Å²) in [5.74, 6) is 1.94. The summed E-state index contributed by atoms with van der Waals surface area (Å²) in [4.78, 5) is 23.3. The standard InChI is InChI=1S/C20H23ClN4OS2/c1-27-14-19-22-16-4-2-3-5-17(16)25(19)13-20(26)24-10-8-23(9-11-24)12-15-6-7-18(21)28-15/h2-7H,8-14H2,1H3. The predicted molar refractivity (Wildman–Crippen MR) is 118 cm³/mol. The summed E-state index contributed by atoms with van der Waals surface area (Å²) in [7, 11) is 0. The fourth-order valence-electron chi connectivity index (χ4n) is 3.59. The molecule has 1 aliphatic heterocycles. The molecular weight excluding hydrogens is 412 g/mol. The Morgan fingerprint density at radius 2 is 1.96 bits per heavy atom. The van der Waals surface area contributed by atoms with Crippen LogP contribution in [0.1, 0.15) is 10.7 Å². The molecule has 1 amide bonds. The summed E-state index contributed by atoms with van der Waals surface area (Å²) in [5.41, 5.74) is 1.99. The Hall–Kier alpha value is -1.54. The van der Waals surface area contributed by atoms with Gasteiger partial charge in [-0.1, -0.05) is 23.7 Å². The highest BCUT2D eigenvalue weighted by Gasteiger charge is 2.23. The fourth-order valence-corrected chi connectivity index (χ4v) is 5.20. The number of nitrogens with zero attached hydrogens (tertiary/aromatic N) is 4. The van der Waals surface area contributed by atoms with E-state index < -0.39 is 0 Å². The number of fused-ring (bicyclic) bond motifs is 1. The fraction of sp³-hybridized carbons (Fsp3) is 0.400. The summed E-state index contributed by atoms with van der Waals surface area (Å²) < 4.78 is 2.91. The molecule has 0 radical (unpaired) electrons. The number of halogens is 1. The summed E-state index contributed by atoms with van der Waals surface area (Å²) >= 11 is 9.38. The number of para-hydroxylation sites is 2. The zero-order valence-corrected chi connectivity index (χ0v) is 18.2. The summed E-state index contributed by atoms with van der Waals surface area (Å²) in [6, 6.07) is 12.1. The van der Waals surface area contributed by atoms with Crippen molar-refractivity contribution in [3.05, 3.63) is 51.4 Å². The second-order valence-corrected chi connectivity index (χ2v) is 9.56. The van der Waals surface area contributed by atoms with E-state index in [9.17, 15) is 4.79 Å². The average molecular weight is 435 g/mol. The van der Waals surface area contributed by atoms with Crippen LogP contribution in [0.15, 0.2) is 36.4 Å². The topological polar surface area (TPSA) is 41.4 Å². The van der Waals surface area contributed by atoms with Crippen LogP contribution >= 0.6 is 34.7 Å². The van der Waals surface area contributed by atoms with Gasteiger partial charge in [-0.2, -0.15) is 11.8 Å². The number of aromatic nitrogens is 2. The Bertz CT molecular complexity index is 962. The monoisotopic (exact) mass is 434 g/mol. The van der Waals surface area contributed by atoms with Gasteiger partial charge in [0.05, 0.1) is 21.1 Å². The van der Waals surface area contributed by atoms with E-state index >= 15 is 0 Å². The zero-order valence-electron chi connectivity index (χ0n) is 15.8. The number of rotatable bonds is 6. The van der Waals surface area contributed by atoms with Crippen LogP contribution in [-0.2, 0) is 23.6 Å². The molecule has 8 heteroatoms. The Kier molecular flexibility index (Phi) is 6.25. The molecule has 28 heavy (non-hydrogen) atoms. The van der Waals surface area contributed by atoms with E-state index in [0.717, 1.165) is 59.7 Å². The first-order chi connectivity index (χ1) is 13.6. The summed E-state index contributed by atoms with van der Waals surface area (Å²) in [6.45, 7) is 4.58. The molecule has 1 aromatic carbocycles. The van der Waals surface area contributed by atoms with E-state index in [4.69, 9.17) is 16.6 Å². The maximum Gasteiger partial charge on any atom is 0.242 e. The molecule has 0 spiro atoms. The molecule has 0 unspecified atom stereocenters. The van der Waals surface area contributed by atoms with Crippen molar-refractivity contribution in [2.75, 3.05) is 32.4 Å². The highest BCUT2D eigenvalue weighted by molar-refractivity contribution is 7.97. The van der Waals surface area contributed by atoms with E-state index in [2.05, 4.69) is 21.8 Å². The van der Waals surface area contributed by atoms with Crippen LogP contribution < -0.4 is 0 Å². The molecule has 3 heterocycles. The molecule has 0 N–H and O–H groups in total. The van der Waals surface area contributed by atoms with Crippen LogP contribution in [0.25, 0.3) is 11.0 Å². The number of amides is 1. The summed E-state index contributed by atoms with van der Waals surface area (Å²) in [6.07, 6.45) is 2.06. The van der Waals surface area contributed by atoms with E-state index in [1.165, 1.54) is 4.88 Å². The largest absolute Gasteiger partial charge is 0.339 e. The van der Waals surface area contributed by atoms with Gasteiger partial charge in [0.2, 0.25) is 5.91 Å². The Morgan fingerprint density at radius 3 is 2.68 bits per heavy atom. The molecule has 0 aliphatic carbocycles. The highest BCUT2D eigenvalue weighted by Crippen LogP contribution is 2.23. The van der Waals surface area contributed by atoms with Crippen LogP contribution in [-0.4, -0.2) is 57.7 Å². The van der Waals surface area contributed by atoms with Crippen LogP contribution in [0.4, 0.5) is 0 Å². The van der Waals surface area contributed by atoms with Crippen LogP contribution in [0, 0.1) is 0 Å². The number of thioether (sulfide) groups is 1. The second-order valence-electron chi connectivity index (χ2n) is 6.90. The normalized spacial score (nSPS) is 15.4. The van der Waals surface area contributed by atoms with Gasteiger partial charge in [0.1, 0.15) is 12.4 Å². The van der Waals surface area contributed by atoms with E-state index in [1.54, 1.807) is 23.1 Å². The molecule has 148 valence electrons. The second kappa shape index (κ2) is 8.86. The first-order valence-corrected chi connectivity index (χ1v) is 11.9. The first-order valence-electron chi connectivity index (χ1n) is 9.31. The lowest BCUT2D eigenvalue weighted by atomic mass is 10.3. The Morgan fingerprint density at radius 1 is 1.18 bits per heavy atom. The molecule has 2 aromatic heterocycles. The van der Waals surface area contributed by atoms with Crippen molar-refractivity contribution in [2.45, 2.75) is 18.8 Å². The van der Waals surface area contributed by atoms with Crippen molar-refractivity contribution < 1.29 is 4.79 Å². The van der Waals surface area contributed by atoms with E-state index in [-0.39, 0.29) is 5.91 Å². The number of carbonyl (C=O) groups excluding carboxylic acids is 1.